The number of anilines is 2. The quantitative estimate of drug-likeness (QED) is 0.755. The van der Waals surface area contributed by atoms with Crippen molar-refractivity contribution in [1.29, 1.82) is 0 Å². The third kappa shape index (κ3) is 6.05. The van der Waals surface area contributed by atoms with Crippen molar-refractivity contribution in [1.82, 2.24) is 4.90 Å². The third-order valence-corrected chi connectivity index (χ3v) is 5.04. The molecule has 2 aromatic rings. The first-order chi connectivity index (χ1) is 13.4. The van der Waals surface area contributed by atoms with Crippen molar-refractivity contribution in [2.75, 3.05) is 29.9 Å². The molecule has 0 aliphatic rings. The fraction of sp³-hybridized carbons (Fsp3) is 0.333. The van der Waals surface area contributed by atoms with E-state index in [2.05, 4.69) is 10.0 Å². The van der Waals surface area contributed by atoms with Crippen molar-refractivity contribution in [3.63, 3.8) is 0 Å². The standard InChI is InChI=1S/C21H27N3O4S/c1-13-9-15(3)20(16(4)10-13)22-19(25)12-24(5)21(26)17-8-7-14(2)18(11-17)23-29(6,27)28/h7-11,23H,12H2,1-6H3,(H,22,25). The van der Waals surface area contributed by atoms with Crippen LogP contribution in [-0.2, 0) is 14.8 Å². The highest BCUT2D eigenvalue weighted by molar-refractivity contribution is 7.92. The molecule has 156 valence electrons. The van der Waals surface area contributed by atoms with Gasteiger partial charge in [-0.05, 0) is 56.5 Å². The number of nitrogens with zero attached hydrogens (tertiary/aromatic N) is 1. The summed E-state index contributed by atoms with van der Waals surface area (Å²) in [4.78, 5) is 26.5. The maximum atomic E-state index is 12.7. The molecule has 29 heavy (non-hydrogen) atoms. The molecule has 0 atom stereocenters. The fourth-order valence-electron chi connectivity index (χ4n) is 3.13. The Morgan fingerprint density at radius 1 is 0.966 bits per heavy atom. The molecule has 0 aromatic heterocycles. The Hall–Kier alpha value is -2.87. The maximum Gasteiger partial charge on any atom is 0.254 e. The van der Waals surface area contributed by atoms with Crippen molar-refractivity contribution in [3.05, 3.63) is 58.1 Å². The van der Waals surface area contributed by atoms with Crippen LogP contribution in [0.4, 0.5) is 11.4 Å². The zero-order chi connectivity index (χ0) is 21.9. The summed E-state index contributed by atoms with van der Waals surface area (Å²) >= 11 is 0. The molecule has 2 aromatic carbocycles. The molecule has 0 aliphatic heterocycles. The fourth-order valence-corrected chi connectivity index (χ4v) is 3.75. The lowest BCUT2D eigenvalue weighted by atomic mass is 10.1. The number of hydrogen-bond donors (Lipinski definition) is 2. The van der Waals surface area contributed by atoms with Crippen molar-refractivity contribution < 1.29 is 18.0 Å². The molecule has 8 heteroatoms. The minimum absolute atomic E-state index is 0.131. The first-order valence-electron chi connectivity index (χ1n) is 9.09. The second kappa shape index (κ2) is 8.65. The molecule has 0 radical (unpaired) electrons. The van der Waals surface area contributed by atoms with E-state index < -0.39 is 10.0 Å². The van der Waals surface area contributed by atoms with Gasteiger partial charge in [-0.3, -0.25) is 14.3 Å². The first-order valence-corrected chi connectivity index (χ1v) is 11.0. The van der Waals surface area contributed by atoms with E-state index in [4.69, 9.17) is 0 Å². The Kier molecular flexibility index (Phi) is 6.69. The smallest absolute Gasteiger partial charge is 0.254 e. The van der Waals surface area contributed by atoms with Gasteiger partial charge in [-0.25, -0.2) is 8.42 Å². The second-order valence-corrected chi connectivity index (χ2v) is 9.14. The molecular weight excluding hydrogens is 390 g/mol. The van der Waals surface area contributed by atoms with Gasteiger partial charge in [0.25, 0.3) is 5.91 Å². The van der Waals surface area contributed by atoms with Gasteiger partial charge in [0.15, 0.2) is 0 Å². The lowest BCUT2D eigenvalue weighted by Gasteiger charge is -2.19. The molecule has 0 unspecified atom stereocenters. The number of likely N-dealkylation sites (N-methyl/N-ethyl adjacent to an activating group) is 1. The predicted octanol–water partition coefficient (Wildman–Crippen LogP) is 3.00. The highest BCUT2D eigenvalue weighted by Crippen LogP contribution is 2.22. The lowest BCUT2D eigenvalue weighted by Crippen LogP contribution is -2.35. The van der Waals surface area contributed by atoms with Gasteiger partial charge in [0.2, 0.25) is 15.9 Å². The number of hydrogen-bond acceptors (Lipinski definition) is 4. The van der Waals surface area contributed by atoms with Crippen LogP contribution < -0.4 is 10.0 Å². The van der Waals surface area contributed by atoms with Crippen LogP contribution in [0.25, 0.3) is 0 Å². The van der Waals surface area contributed by atoms with Crippen LogP contribution in [-0.4, -0.2) is 45.0 Å². The van der Waals surface area contributed by atoms with Gasteiger partial charge in [-0.15, -0.1) is 0 Å². The van der Waals surface area contributed by atoms with Gasteiger partial charge in [0.1, 0.15) is 0 Å². The zero-order valence-corrected chi connectivity index (χ0v) is 18.4. The van der Waals surface area contributed by atoms with Crippen LogP contribution in [0.5, 0.6) is 0 Å². The average molecular weight is 418 g/mol. The minimum atomic E-state index is -3.47. The van der Waals surface area contributed by atoms with Gasteiger partial charge in [0.05, 0.1) is 18.5 Å². The summed E-state index contributed by atoms with van der Waals surface area (Å²) in [5.41, 5.74) is 5.10. The second-order valence-electron chi connectivity index (χ2n) is 7.39. The summed E-state index contributed by atoms with van der Waals surface area (Å²) in [6.45, 7) is 7.45. The van der Waals surface area contributed by atoms with Gasteiger partial charge in [-0.2, -0.15) is 0 Å². The highest BCUT2D eigenvalue weighted by atomic mass is 32.2. The molecule has 0 heterocycles. The molecule has 0 fully saturated rings. The summed E-state index contributed by atoms with van der Waals surface area (Å²) in [6.07, 6.45) is 1.05. The highest BCUT2D eigenvalue weighted by Gasteiger charge is 2.18. The number of nitrogens with one attached hydrogen (secondary N) is 2. The van der Waals surface area contributed by atoms with Crippen LogP contribution >= 0.6 is 0 Å². The molecular formula is C21H27N3O4S. The number of rotatable bonds is 6. The van der Waals surface area contributed by atoms with E-state index in [0.29, 0.717) is 16.8 Å². The van der Waals surface area contributed by atoms with E-state index >= 15 is 0 Å². The predicted molar refractivity (Wildman–Crippen MR) is 116 cm³/mol. The van der Waals surface area contributed by atoms with E-state index in [1.54, 1.807) is 19.1 Å². The van der Waals surface area contributed by atoms with E-state index in [-0.39, 0.29) is 18.4 Å². The first kappa shape index (κ1) is 22.4. The van der Waals surface area contributed by atoms with Gasteiger partial charge in [-0.1, -0.05) is 23.8 Å². The van der Waals surface area contributed by atoms with Crippen LogP contribution in [0.15, 0.2) is 30.3 Å². The van der Waals surface area contributed by atoms with Crippen LogP contribution in [0.3, 0.4) is 0 Å². The topological polar surface area (TPSA) is 95.6 Å². The van der Waals surface area contributed by atoms with Gasteiger partial charge < -0.3 is 10.2 Å². The van der Waals surface area contributed by atoms with Crippen molar-refractivity contribution >= 4 is 33.2 Å². The number of sulfonamides is 1. The summed E-state index contributed by atoms with van der Waals surface area (Å²) in [6, 6.07) is 8.71. The number of amides is 2. The molecule has 2 amide bonds. The van der Waals surface area contributed by atoms with Crippen LogP contribution in [0, 0.1) is 27.7 Å². The molecule has 0 bridgehead atoms. The molecule has 0 aliphatic carbocycles. The zero-order valence-electron chi connectivity index (χ0n) is 17.6. The number of carbonyl (C=O) groups is 2. The van der Waals surface area contributed by atoms with Crippen molar-refractivity contribution in [2.45, 2.75) is 27.7 Å². The summed E-state index contributed by atoms with van der Waals surface area (Å²) < 4.78 is 25.4. The molecule has 0 saturated carbocycles. The maximum absolute atomic E-state index is 12.7. The lowest BCUT2D eigenvalue weighted by molar-refractivity contribution is -0.116. The van der Waals surface area contributed by atoms with E-state index in [9.17, 15) is 18.0 Å². The van der Waals surface area contributed by atoms with Crippen LogP contribution in [0.1, 0.15) is 32.6 Å². The monoisotopic (exact) mass is 417 g/mol. The SMILES string of the molecule is Cc1cc(C)c(NC(=O)CN(C)C(=O)c2ccc(C)c(NS(C)(=O)=O)c2)c(C)c1. The minimum Gasteiger partial charge on any atom is -0.332 e. The molecule has 0 spiro atoms. The van der Waals surface area contributed by atoms with E-state index in [0.717, 1.165) is 28.6 Å². The summed E-state index contributed by atoms with van der Waals surface area (Å²) in [7, 11) is -1.94. The largest absolute Gasteiger partial charge is 0.332 e. The summed E-state index contributed by atoms with van der Waals surface area (Å²) in [5, 5.41) is 2.87. The average Bonchev–Trinajstić information content (AvgIpc) is 2.58. The number of aryl methyl sites for hydroxylation is 4. The Morgan fingerprint density at radius 2 is 1.55 bits per heavy atom. The molecule has 2 N–H and O–H groups in total. The Morgan fingerprint density at radius 3 is 2.10 bits per heavy atom. The Balaban J connectivity index is 2.13. The molecule has 2 rings (SSSR count). The Labute approximate surface area is 172 Å². The van der Waals surface area contributed by atoms with Crippen LogP contribution in [0.2, 0.25) is 0 Å². The Bertz CT molecular complexity index is 1040. The van der Waals surface area contributed by atoms with E-state index in [1.807, 2.05) is 32.9 Å². The molecule has 7 nitrogen and oxygen atoms in total. The van der Waals surface area contributed by atoms with Crippen molar-refractivity contribution in [3.8, 4) is 0 Å². The molecule has 0 saturated heterocycles. The van der Waals surface area contributed by atoms with E-state index in [1.165, 1.54) is 18.0 Å². The number of carbonyl (C=O) groups excluding carboxylic acids is 2. The normalized spacial score (nSPS) is 11.1. The third-order valence-electron chi connectivity index (χ3n) is 4.45. The van der Waals surface area contributed by atoms with Crippen molar-refractivity contribution in [2.24, 2.45) is 0 Å². The van der Waals surface area contributed by atoms with Gasteiger partial charge in [0, 0.05) is 18.3 Å². The summed E-state index contributed by atoms with van der Waals surface area (Å²) in [5.74, 6) is -0.688. The van der Waals surface area contributed by atoms with Gasteiger partial charge >= 0.3 is 0 Å². The number of benzene rings is 2.